The zero-order valence-corrected chi connectivity index (χ0v) is 9.16. The summed E-state index contributed by atoms with van der Waals surface area (Å²) < 4.78 is 23.5. The quantitative estimate of drug-likeness (QED) is 0.774. The van der Waals surface area contributed by atoms with E-state index in [1.165, 1.54) is 19.1 Å². The summed E-state index contributed by atoms with van der Waals surface area (Å²) in [5.41, 5.74) is -1.63. The second-order valence-electron chi connectivity index (χ2n) is 3.49. The van der Waals surface area contributed by atoms with Crippen LogP contribution < -0.4 is 0 Å². The van der Waals surface area contributed by atoms with Gasteiger partial charge in [-0.25, -0.2) is 8.42 Å². The van der Waals surface area contributed by atoms with Crippen molar-refractivity contribution in [1.82, 2.24) is 0 Å². The Labute approximate surface area is 89.7 Å². The summed E-state index contributed by atoms with van der Waals surface area (Å²) in [4.78, 5) is 0.167. The summed E-state index contributed by atoms with van der Waals surface area (Å²) in [6, 6.07) is 7.91. The number of rotatable bonds is 3. The molecule has 3 nitrogen and oxygen atoms in total. The molecule has 0 amide bonds. The maximum atomic E-state index is 11.8. The fourth-order valence-electron chi connectivity index (χ4n) is 1.12. The van der Waals surface area contributed by atoms with Crippen LogP contribution in [0.15, 0.2) is 35.2 Å². The molecule has 0 saturated heterocycles. The van der Waals surface area contributed by atoms with Gasteiger partial charge in [0.2, 0.25) is 0 Å². The van der Waals surface area contributed by atoms with Gasteiger partial charge in [0.1, 0.15) is 5.60 Å². The van der Waals surface area contributed by atoms with Crippen molar-refractivity contribution in [3.8, 4) is 12.3 Å². The molecular formula is C11H12O3S. The Balaban J connectivity index is 3.03. The van der Waals surface area contributed by atoms with Gasteiger partial charge in [-0.2, -0.15) is 0 Å². The van der Waals surface area contributed by atoms with Crippen LogP contribution in [0, 0.1) is 12.3 Å². The third-order valence-electron chi connectivity index (χ3n) is 1.88. The van der Waals surface area contributed by atoms with Crippen LogP contribution in [0.25, 0.3) is 0 Å². The SMILES string of the molecule is C#CC(C)(O)CS(=O)(=O)c1ccccc1. The first kappa shape index (κ1) is 11.8. The number of aliphatic hydroxyl groups is 1. The highest BCUT2D eigenvalue weighted by Crippen LogP contribution is 2.15. The zero-order valence-electron chi connectivity index (χ0n) is 8.34. The van der Waals surface area contributed by atoms with Crippen LogP contribution in [-0.2, 0) is 9.84 Å². The number of hydrogen-bond acceptors (Lipinski definition) is 3. The standard InChI is InChI=1S/C11H12O3S/c1-3-11(2,12)9-15(13,14)10-7-5-4-6-8-10/h1,4-8,12H,9H2,2H3. The van der Waals surface area contributed by atoms with E-state index in [0.717, 1.165) is 0 Å². The van der Waals surface area contributed by atoms with Crippen molar-refractivity contribution in [3.05, 3.63) is 30.3 Å². The highest BCUT2D eigenvalue weighted by molar-refractivity contribution is 7.91. The van der Waals surface area contributed by atoms with E-state index in [-0.39, 0.29) is 4.90 Å². The Kier molecular flexibility index (Phi) is 3.18. The molecule has 80 valence electrons. The summed E-state index contributed by atoms with van der Waals surface area (Å²) >= 11 is 0. The maximum Gasteiger partial charge on any atom is 0.182 e. The van der Waals surface area contributed by atoms with Crippen molar-refractivity contribution in [2.45, 2.75) is 17.4 Å². The van der Waals surface area contributed by atoms with Crippen molar-refractivity contribution >= 4 is 9.84 Å². The summed E-state index contributed by atoms with van der Waals surface area (Å²) in [6.07, 6.45) is 5.03. The maximum absolute atomic E-state index is 11.8. The summed E-state index contributed by atoms with van der Waals surface area (Å²) in [6.45, 7) is 1.30. The molecular weight excluding hydrogens is 212 g/mol. The number of hydrogen-bond donors (Lipinski definition) is 1. The van der Waals surface area contributed by atoms with E-state index in [1.807, 2.05) is 5.92 Å². The molecule has 0 aliphatic carbocycles. The second-order valence-corrected chi connectivity index (χ2v) is 5.48. The lowest BCUT2D eigenvalue weighted by Gasteiger charge is -2.15. The van der Waals surface area contributed by atoms with Crippen molar-refractivity contribution < 1.29 is 13.5 Å². The normalized spacial score (nSPS) is 15.3. The van der Waals surface area contributed by atoms with E-state index in [0.29, 0.717) is 0 Å². The molecule has 0 radical (unpaired) electrons. The van der Waals surface area contributed by atoms with Crippen LogP contribution in [0.5, 0.6) is 0 Å². The van der Waals surface area contributed by atoms with Gasteiger partial charge in [-0.3, -0.25) is 0 Å². The molecule has 0 saturated carbocycles. The van der Waals surface area contributed by atoms with Crippen LogP contribution in [0.3, 0.4) is 0 Å². The molecule has 0 fully saturated rings. The Hall–Kier alpha value is -1.31. The third-order valence-corrected chi connectivity index (χ3v) is 3.82. The van der Waals surface area contributed by atoms with E-state index >= 15 is 0 Å². The fraction of sp³-hybridized carbons (Fsp3) is 0.273. The van der Waals surface area contributed by atoms with Gasteiger partial charge in [-0.1, -0.05) is 24.1 Å². The third kappa shape index (κ3) is 3.08. The largest absolute Gasteiger partial charge is 0.377 e. The minimum absolute atomic E-state index is 0.167. The molecule has 4 heteroatoms. The van der Waals surface area contributed by atoms with Gasteiger partial charge in [-0.05, 0) is 19.1 Å². The average molecular weight is 224 g/mol. The number of terminal acetylenes is 1. The predicted molar refractivity (Wildman–Crippen MR) is 58.0 cm³/mol. The van der Waals surface area contributed by atoms with Gasteiger partial charge in [0, 0.05) is 0 Å². The predicted octanol–water partition coefficient (Wildman–Crippen LogP) is 0.845. The molecule has 1 atom stereocenters. The molecule has 1 N–H and O–H groups in total. The van der Waals surface area contributed by atoms with E-state index in [9.17, 15) is 13.5 Å². The van der Waals surface area contributed by atoms with E-state index in [2.05, 4.69) is 0 Å². The average Bonchev–Trinajstić information content (AvgIpc) is 2.18. The van der Waals surface area contributed by atoms with E-state index in [1.54, 1.807) is 18.2 Å². The molecule has 1 rings (SSSR count). The molecule has 1 aromatic carbocycles. The zero-order chi connectivity index (χ0) is 11.5. The van der Waals surface area contributed by atoms with Gasteiger partial charge in [0.25, 0.3) is 0 Å². The van der Waals surface area contributed by atoms with Gasteiger partial charge in [0.15, 0.2) is 9.84 Å². The van der Waals surface area contributed by atoms with E-state index in [4.69, 9.17) is 6.42 Å². The molecule has 0 aliphatic heterocycles. The lowest BCUT2D eigenvalue weighted by molar-refractivity contribution is 0.146. The Bertz CT molecular complexity index is 466. The van der Waals surface area contributed by atoms with Gasteiger partial charge in [-0.15, -0.1) is 6.42 Å². The lowest BCUT2D eigenvalue weighted by atomic mass is 10.2. The van der Waals surface area contributed by atoms with Crippen LogP contribution in [0.4, 0.5) is 0 Å². The monoisotopic (exact) mass is 224 g/mol. The lowest BCUT2D eigenvalue weighted by Crippen LogP contribution is -2.31. The minimum Gasteiger partial charge on any atom is -0.377 e. The Morgan fingerprint density at radius 1 is 1.40 bits per heavy atom. The highest BCUT2D eigenvalue weighted by Gasteiger charge is 2.27. The molecule has 0 aliphatic rings. The van der Waals surface area contributed by atoms with Gasteiger partial charge < -0.3 is 5.11 Å². The first-order valence-electron chi connectivity index (χ1n) is 4.35. The van der Waals surface area contributed by atoms with Crippen molar-refractivity contribution in [1.29, 1.82) is 0 Å². The first-order valence-corrected chi connectivity index (χ1v) is 6.00. The van der Waals surface area contributed by atoms with Crippen molar-refractivity contribution in [3.63, 3.8) is 0 Å². The Morgan fingerprint density at radius 3 is 2.40 bits per heavy atom. The number of benzene rings is 1. The summed E-state index contributed by atoms with van der Waals surface area (Å²) in [5.74, 6) is 1.57. The molecule has 1 aromatic rings. The van der Waals surface area contributed by atoms with Crippen molar-refractivity contribution in [2.75, 3.05) is 5.75 Å². The van der Waals surface area contributed by atoms with Crippen LogP contribution in [0.1, 0.15) is 6.92 Å². The molecule has 15 heavy (non-hydrogen) atoms. The smallest absolute Gasteiger partial charge is 0.182 e. The first-order chi connectivity index (χ1) is 6.87. The second kappa shape index (κ2) is 4.05. The topological polar surface area (TPSA) is 54.4 Å². The van der Waals surface area contributed by atoms with E-state index < -0.39 is 21.2 Å². The minimum atomic E-state index is -3.52. The van der Waals surface area contributed by atoms with Crippen LogP contribution >= 0.6 is 0 Å². The van der Waals surface area contributed by atoms with Crippen LogP contribution in [-0.4, -0.2) is 24.9 Å². The fourth-order valence-corrected chi connectivity index (χ4v) is 2.68. The Morgan fingerprint density at radius 2 is 1.93 bits per heavy atom. The molecule has 0 spiro atoms. The molecule has 0 bridgehead atoms. The van der Waals surface area contributed by atoms with Crippen LogP contribution in [0.2, 0.25) is 0 Å². The van der Waals surface area contributed by atoms with Gasteiger partial charge >= 0.3 is 0 Å². The molecule has 0 heterocycles. The van der Waals surface area contributed by atoms with Crippen molar-refractivity contribution in [2.24, 2.45) is 0 Å². The molecule has 1 unspecified atom stereocenters. The summed E-state index contributed by atoms with van der Waals surface area (Å²) in [5, 5.41) is 9.50. The number of sulfone groups is 1. The highest BCUT2D eigenvalue weighted by atomic mass is 32.2. The molecule has 0 aromatic heterocycles. The van der Waals surface area contributed by atoms with Gasteiger partial charge in [0.05, 0.1) is 10.6 Å². The summed E-state index contributed by atoms with van der Waals surface area (Å²) in [7, 11) is -3.52.